The van der Waals surface area contributed by atoms with Crippen molar-refractivity contribution in [1.82, 2.24) is 5.32 Å². The predicted molar refractivity (Wildman–Crippen MR) is 124 cm³/mol. The van der Waals surface area contributed by atoms with E-state index < -0.39 is 33.8 Å². The van der Waals surface area contributed by atoms with E-state index in [1.54, 1.807) is 30.3 Å². The van der Waals surface area contributed by atoms with Gasteiger partial charge in [0.15, 0.2) is 0 Å². The van der Waals surface area contributed by atoms with Gasteiger partial charge in [-0.3, -0.25) is 9.52 Å². The van der Waals surface area contributed by atoms with Gasteiger partial charge in [-0.1, -0.05) is 36.4 Å². The summed E-state index contributed by atoms with van der Waals surface area (Å²) in [7, 11) is -4.03. The second kappa shape index (κ2) is 9.64. The van der Waals surface area contributed by atoms with Crippen LogP contribution in [0.15, 0.2) is 77.7 Å². The molecule has 3 aromatic rings. The number of esters is 1. The first-order valence-electron chi connectivity index (χ1n) is 10.7. The van der Waals surface area contributed by atoms with Crippen molar-refractivity contribution in [3.05, 3.63) is 95.3 Å². The fourth-order valence-corrected chi connectivity index (χ4v) is 4.66. The molecule has 3 aromatic carbocycles. The number of amides is 1. The van der Waals surface area contributed by atoms with Gasteiger partial charge in [-0.2, -0.15) is 0 Å². The Morgan fingerprint density at radius 2 is 1.65 bits per heavy atom. The molecule has 0 aromatic heterocycles. The summed E-state index contributed by atoms with van der Waals surface area (Å²) in [6, 6.07) is 18.2. The third-order valence-corrected chi connectivity index (χ3v) is 6.90. The highest BCUT2D eigenvalue weighted by Crippen LogP contribution is 2.25. The number of benzene rings is 3. The van der Waals surface area contributed by atoms with Crippen molar-refractivity contribution in [2.45, 2.75) is 36.8 Å². The van der Waals surface area contributed by atoms with Gasteiger partial charge in [-0.25, -0.2) is 17.6 Å². The van der Waals surface area contributed by atoms with Crippen LogP contribution in [-0.2, 0) is 19.6 Å². The quantitative estimate of drug-likeness (QED) is 0.471. The maximum atomic E-state index is 13.8. The topological polar surface area (TPSA) is 102 Å². The maximum absolute atomic E-state index is 13.8. The molecule has 1 amide bonds. The molecular weight excluding hydrogens is 459 g/mol. The number of anilines is 1. The van der Waals surface area contributed by atoms with Crippen LogP contribution >= 0.6 is 0 Å². The van der Waals surface area contributed by atoms with Crippen molar-refractivity contribution >= 4 is 27.6 Å². The zero-order valence-electron chi connectivity index (χ0n) is 18.3. The molecule has 0 bridgehead atoms. The van der Waals surface area contributed by atoms with Crippen LogP contribution in [0.4, 0.5) is 10.1 Å². The molecule has 1 unspecified atom stereocenters. The van der Waals surface area contributed by atoms with Crippen LogP contribution in [0.5, 0.6) is 0 Å². The number of hydrogen-bond donors (Lipinski definition) is 2. The van der Waals surface area contributed by atoms with E-state index in [1.807, 2.05) is 0 Å². The SMILES string of the molecule is Cc1c(F)cccc1S(=O)(=O)Nc1ccc(C(=O)OC(C(=O)NC2CC2)c2ccccc2)cc1. The van der Waals surface area contributed by atoms with Crippen molar-refractivity contribution in [3.63, 3.8) is 0 Å². The Labute approximate surface area is 197 Å². The first-order chi connectivity index (χ1) is 16.2. The summed E-state index contributed by atoms with van der Waals surface area (Å²) in [6.07, 6.45) is 0.685. The minimum atomic E-state index is -4.03. The minimum Gasteiger partial charge on any atom is -0.444 e. The maximum Gasteiger partial charge on any atom is 0.339 e. The Morgan fingerprint density at radius 3 is 2.29 bits per heavy atom. The molecule has 0 spiro atoms. The number of nitrogens with one attached hydrogen (secondary N) is 2. The summed E-state index contributed by atoms with van der Waals surface area (Å²) < 4.78 is 47.0. The summed E-state index contributed by atoms with van der Waals surface area (Å²) >= 11 is 0. The lowest BCUT2D eigenvalue weighted by atomic mass is 10.1. The van der Waals surface area contributed by atoms with E-state index in [0.29, 0.717) is 5.56 Å². The number of rotatable bonds is 8. The first-order valence-corrected chi connectivity index (χ1v) is 12.2. The molecule has 0 heterocycles. The average Bonchev–Trinajstić information content (AvgIpc) is 3.63. The second-order valence-electron chi connectivity index (χ2n) is 8.02. The Bertz CT molecular complexity index is 1310. The van der Waals surface area contributed by atoms with Gasteiger partial charge >= 0.3 is 5.97 Å². The van der Waals surface area contributed by atoms with Crippen LogP contribution in [0.1, 0.15) is 40.4 Å². The smallest absolute Gasteiger partial charge is 0.339 e. The zero-order valence-corrected chi connectivity index (χ0v) is 19.1. The van der Waals surface area contributed by atoms with Crippen LogP contribution in [0, 0.1) is 12.7 Å². The number of carbonyl (C=O) groups excluding carboxylic acids is 2. The van der Waals surface area contributed by atoms with Crippen LogP contribution in [0.2, 0.25) is 0 Å². The molecule has 1 atom stereocenters. The van der Waals surface area contributed by atoms with Gasteiger partial charge in [0, 0.05) is 22.9 Å². The molecule has 4 rings (SSSR count). The molecule has 9 heteroatoms. The van der Waals surface area contributed by atoms with Gasteiger partial charge in [0.1, 0.15) is 5.82 Å². The van der Waals surface area contributed by atoms with Crippen LogP contribution in [0.25, 0.3) is 0 Å². The Kier molecular flexibility index (Phi) is 6.65. The number of carbonyl (C=O) groups is 2. The molecule has 1 aliphatic carbocycles. The lowest BCUT2D eigenvalue weighted by molar-refractivity contribution is -0.130. The molecule has 0 saturated heterocycles. The lowest BCUT2D eigenvalue weighted by Crippen LogP contribution is -2.33. The molecule has 34 heavy (non-hydrogen) atoms. The third-order valence-electron chi connectivity index (χ3n) is 5.37. The van der Waals surface area contributed by atoms with Crippen molar-refractivity contribution in [1.29, 1.82) is 0 Å². The largest absolute Gasteiger partial charge is 0.444 e. The predicted octanol–water partition coefficient (Wildman–Crippen LogP) is 4.11. The molecule has 1 saturated carbocycles. The summed E-state index contributed by atoms with van der Waals surface area (Å²) in [6.45, 7) is 1.38. The van der Waals surface area contributed by atoms with Gasteiger partial charge in [-0.15, -0.1) is 0 Å². The van der Waals surface area contributed by atoms with E-state index in [1.165, 1.54) is 49.4 Å². The van der Waals surface area contributed by atoms with Crippen molar-refractivity contribution < 1.29 is 27.1 Å². The summed E-state index contributed by atoms with van der Waals surface area (Å²) in [4.78, 5) is 25.2. The van der Waals surface area contributed by atoms with Gasteiger partial charge in [0.2, 0.25) is 6.10 Å². The van der Waals surface area contributed by atoms with Crippen molar-refractivity contribution in [3.8, 4) is 0 Å². The minimum absolute atomic E-state index is 0.00614. The molecule has 0 radical (unpaired) electrons. The fourth-order valence-electron chi connectivity index (χ4n) is 3.34. The Morgan fingerprint density at radius 1 is 0.971 bits per heavy atom. The monoisotopic (exact) mass is 482 g/mol. The molecular formula is C25H23FN2O5S. The van der Waals surface area contributed by atoms with Crippen molar-refractivity contribution in [2.75, 3.05) is 4.72 Å². The van der Waals surface area contributed by atoms with Gasteiger partial charge < -0.3 is 10.1 Å². The van der Waals surface area contributed by atoms with Gasteiger partial charge in [-0.05, 0) is 56.2 Å². The third kappa shape index (κ3) is 5.43. The summed E-state index contributed by atoms with van der Waals surface area (Å²) in [5.74, 6) is -1.74. The van der Waals surface area contributed by atoms with Crippen LogP contribution < -0.4 is 10.0 Å². The molecule has 176 valence electrons. The number of halogens is 1. The van der Waals surface area contributed by atoms with Crippen molar-refractivity contribution in [2.24, 2.45) is 0 Å². The van der Waals surface area contributed by atoms with Crippen LogP contribution in [0.3, 0.4) is 0 Å². The highest BCUT2D eigenvalue weighted by molar-refractivity contribution is 7.92. The Balaban J connectivity index is 1.48. The van der Waals surface area contributed by atoms with Gasteiger partial charge in [0.05, 0.1) is 10.5 Å². The Hall–Kier alpha value is -3.72. The van der Waals surface area contributed by atoms with Crippen LogP contribution in [-0.4, -0.2) is 26.3 Å². The average molecular weight is 483 g/mol. The molecule has 7 nitrogen and oxygen atoms in total. The number of hydrogen-bond acceptors (Lipinski definition) is 5. The highest BCUT2D eigenvalue weighted by atomic mass is 32.2. The van der Waals surface area contributed by atoms with E-state index in [2.05, 4.69) is 10.0 Å². The standard InChI is InChI=1S/C25H23FN2O5S/c1-16-21(26)8-5-9-22(16)34(31,32)28-20-12-10-18(11-13-20)25(30)33-23(17-6-3-2-4-7-17)24(29)27-19-14-15-19/h2-13,19,23,28H,14-15H2,1H3,(H,27,29). The normalized spacial score (nSPS) is 14.2. The van der Waals surface area contributed by atoms with E-state index in [0.717, 1.165) is 12.8 Å². The van der Waals surface area contributed by atoms with Gasteiger partial charge in [0.25, 0.3) is 15.9 Å². The highest BCUT2D eigenvalue weighted by Gasteiger charge is 2.31. The van der Waals surface area contributed by atoms with E-state index >= 15 is 0 Å². The van der Waals surface area contributed by atoms with E-state index in [9.17, 15) is 22.4 Å². The summed E-state index contributed by atoms with van der Waals surface area (Å²) in [5, 5.41) is 2.85. The summed E-state index contributed by atoms with van der Waals surface area (Å²) in [5.41, 5.74) is 0.881. The van der Waals surface area contributed by atoms with E-state index in [-0.39, 0.29) is 27.8 Å². The molecule has 0 aliphatic heterocycles. The fraction of sp³-hybridized carbons (Fsp3) is 0.200. The molecule has 2 N–H and O–H groups in total. The van der Waals surface area contributed by atoms with E-state index in [4.69, 9.17) is 4.74 Å². The lowest BCUT2D eigenvalue weighted by Gasteiger charge is -2.18. The zero-order chi connectivity index (χ0) is 24.3. The number of sulfonamides is 1. The number of ether oxygens (including phenoxy) is 1. The molecule has 1 aliphatic rings. The first kappa shape index (κ1) is 23.4. The second-order valence-corrected chi connectivity index (χ2v) is 9.68. The molecule has 1 fully saturated rings.